The van der Waals surface area contributed by atoms with Gasteiger partial charge in [0.15, 0.2) is 0 Å². The molecule has 0 bridgehead atoms. The molecule has 1 heterocycles. The molecule has 1 saturated carbocycles. The van der Waals surface area contributed by atoms with Crippen molar-refractivity contribution in [1.29, 1.82) is 0 Å². The number of rotatable bonds is 5. The molecular weight excluding hydrogens is 254 g/mol. The van der Waals surface area contributed by atoms with E-state index in [2.05, 4.69) is 25.7 Å². The van der Waals surface area contributed by atoms with Gasteiger partial charge in [0, 0.05) is 12.1 Å². The Morgan fingerprint density at radius 1 is 1.30 bits per heavy atom. The lowest BCUT2D eigenvalue weighted by Gasteiger charge is -2.43. The van der Waals surface area contributed by atoms with E-state index in [-0.39, 0.29) is 12.0 Å². The lowest BCUT2D eigenvalue weighted by molar-refractivity contribution is -0.143. The van der Waals surface area contributed by atoms with Crippen molar-refractivity contribution in [3.8, 4) is 0 Å². The number of carbonyl (C=O) groups is 1. The number of aliphatic carboxylic acids is 1. The van der Waals surface area contributed by atoms with Crippen molar-refractivity contribution in [2.45, 2.75) is 65.0 Å². The van der Waals surface area contributed by atoms with Crippen molar-refractivity contribution in [2.75, 3.05) is 19.8 Å². The second kappa shape index (κ2) is 6.44. The molecule has 0 aromatic heterocycles. The van der Waals surface area contributed by atoms with Gasteiger partial charge in [-0.3, -0.25) is 9.69 Å². The van der Waals surface area contributed by atoms with Crippen LogP contribution in [0.2, 0.25) is 0 Å². The molecule has 0 spiro atoms. The first kappa shape index (κ1) is 15.8. The molecule has 2 rings (SSSR count). The molecule has 4 heteroatoms. The van der Waals surface area contributed by atoms with Gasteiger partial charge in [-0.2, -0.15) is 0 Å². The molecule has 2 unspecified atom stereocenters. The molecule has 0 aromatic carbocycles. The van der Waals surface area contributed by atoms with E-state index >= 15 is 0 Å². The van der Waals surface area contributed by atoms with E-state index in [9.17, 15) is 9.90 Å². The van der Waals surface area contributed by atoms with Crippen molar-refractivity contribution in [1.82, 2.24) is 4.90 Å². The van der Waals surface area contributed by atoms with E-state index < -0.39 is 5.97 Å². The smallest absolute Gasteiger partial charge is 0.310 e. The Labute approximate surface area is 122 Å². The summed E-state index contributed by atoms with van der Waals surface area (Å²) >= 11 is 0. The van der Waals surface area contributed by atoms with Crippen LogP contribution in [-0.4, -0.2) is 47.8 Å². The molecule has 1 aliphatic carbocycles. The topological polar surface area (TPSA) is 49.8 Å². The zero-order chi connectivity index (χ0) is 14.8. The van der Waals surface area contributed by atoms with Gasteiger partial charge in [-0.05, 0) is 44.1 Å². The van der Waals surface area contributed by atoms with Crippen molar-refractivity contribution in [3.63, 3.8) is 0 Å². The fourth-order valence-corrected chi connectivity index (χ4v) is 3.70. The first-order valence-electron chi connectivity index (χ1n) is 8.01. The van der Waals surface area contributed by atoms with Crippen LogP contribution in [0.1, 0.15) is 52.9 Å². The monoisotopic (exact) mass is 283 g/mol. The maximum atomic E-state index is 11.4. The normalized spacial score (nSPS) is 30.8. The molecule has 2 fully saturated rings. The van der Waals surface area contributed by atoms with Crippen LogP contribution < -0.4 is 0 Å². The van der Waals surface area contributed by atoms with Crippen molar-refractivity contribution >= 4 is 5.97 Å². The van der Waals surface area contributed by atoms with Crippen LogP contribution in [0, 0.1) is 11.3 Å². The number of ether oxygens (including phenoxy) is 1. The highest BCUT2D eigenvalue weighted by atomic mass is 16.5. The largest absolute Gasteiger partial charge is 0.481 e. The lowest BCUT2D eigenvalue weighted by atomic mass is 9.75. The summed E-state index contributed by atoms with van der Waals surface area (Å²) in [5.74, 6) is -1.05. The van der Waals surface area contributed by atoms with Gasteiger partial charge in [-0.15, -0.1) is 0 Å². The Hall–Kier alpha value is -0.610. The quantitative estimate of drug-likeness (QED) is 0.843. The van der Waals surface area contributed by atoms with Gasteiger partial charge in [0.05, 0.1) is 19.1 Å². The molecule has 0 amide bonds. The Morgan fingerprint density at radius 2 is 1.95 bits per heavy atom. The van der Waals surface area contributed by atoms with Crippen LogP contribution in [-0.2, 0) is 9.53 Å². The highest BCUT2D eigenvalue weighted by molar-refractivity contribution is 5.71. The average Bonchev–Trinajstić information content (AvgIpc) is 2.85. The molecule has 0 aromatic rings. The van der Waals surface area contributed by atoms with Crippen molar-refractivity contribution in [2.24, 2.45) is 11.3 Å². The third-order valence-corrected chi connectivity index (χ3v) is 5.05. The summed E-state index contributed by atoms with van der Waals surface area (Å²) < 4.78 is 5.47. The molecule has 1 aliphatic heterocycles. The van der Waals surface area contributed by atoms with Gasteiger partial charge < -0.3 is 9.84 Å². The summed E-state index contributed by atoms with van der Waals surface area (Å²) in [4.78, 5) is 13.8. The third kappa shape index (κ3) is 3.53. The van der Waals surface area contributed by atoms with E-state index in [1.165, 1.54) is 25.7 Å². The van der Waals surface area contributed by atoms with Gasteiger partial charge in [-0.1, -0.05) is 20.8 Å². The third-order valence-electron chi connectivity index (χ3n) is 5.05. The van der Waals surface area contributed by atoms with Crippen LogP contribution in [0.25, 0.3) is 0 Å². The van der Waals surface area contributed by atoms with Crippen LogP contribution in [0.5, 0.6) is 0 Å². The summed E-state index contributed by atoms with van der Waals surface area (Å²) in [5, 5.41) is 9.38. The summed E-state index contributed by atoms with van der Waals surface area (Å²) in [6.07, 6.45) is 5.93. The maximum Gasteiger partial charge on any atom is 0.310 e. The average molecular weight is 283 g/mol. The molecule has 2 atom stereocenters. The summed E-state index contributed by atoms with van der Waals surface area (Å²) in [7, 11) is 0. The fourth-order valence-electron chi connectivity index (χ4n) is 3.70. The number of hydrogen-bond donors (Lipinski definition) is 1. The summed E-state index contributed by atoms with van der Waals surface area (Å²) in [5.41, 5.74) is 0.451. The SMILES string of the molecule is CCCN(C1CCC(C)(C)CC1)C1COCC1C(=O)O. The molecule has 1 saturated heterocycles. The van der Waals surface area contributed by atoms with Crippen molar-refractivity contribution in [3.05, 3.63) is 0 Å². The Bertz CT molecular complexity index is 333. The van der Waals surface area contributed by atoms with Gasteiger partial charge in [0.1, 0.15) is 0 Å². The molecule has 0 radical (unpaired) electrons. The van der Waals surface area contributed by atoms with E-state index in [4.69, 9.17) is 4.74 Å². The predicted molar refractivity (Wildman–Crippen MR) is 78.8 cm³/mol. The van der Waals surface area contributed by atoms with Gasteiger partial charge in [0.25, 0.3) is 0 Å². The lowest BCUT2D eigenvalue weighted by Crippen LogP contribution is -2.50. The minimum absolute atomic E-state index is 0.0682. The van der Waals surface area contributed by atoms with Gasteiger partial charge in [0.2, 0.25) is 0 Å². The summed E-state index contributed by atoms with van der Waals surface area (Å²) in [6, 6.07) is 0.607. The zero-order valence-electron chi connectivity index (χ0n) is 13.1. The standard InChI is InChI=1S/C16H29NO3/c1-4-9-17(12-5-7-16(2,3)8-6-12)14-11-20-10-13(14)15(18)19/h12-14H,4-11H2,1-3H3,(H,18,19). The van der Waals surface area contributed by atoms with Crippen LogP contribution in [0.3, 0.4) is 0 Å². The Kier molecular flexibility index (Phi) is 5.08. The van der Waals surface area contributed by atoms with Crippen LogP contribution >= 0.6 is 0 Å². The molecular formula is C16H29NO3. The number of nitrogens with zero attached hydrogens (tertiary/aromatic N) is 1. The van der Waals surface area contributed by atoms with E-state index in [0.29, 0.717) is 24.7 Å². The van der Waals surface area contributed by atoms with E-state index in [1.54, 1.807) is 0 Å². The summed E-state index contributed by atoms with van der Waals surface area (Å²) in [6.45, 7) is 8.79. The minimum Gasteiger partial charge on any atom is -0.481 e. The maximum absolute atomic E-state index is 11.4. The zero-order valence-corrected chi connectivity index (χ0v) is 13.1. The van der Waals surface area contributed by atoms with Gasteiger partial charge >= 0.3 is 5.97 Å². The molecule has 116 valence electrons. The molecule has 20 heavy (non-hydrogen) atoms. The predicted octanol–water partition coefficient (Wildman–Crippen LogP) is 2.77. The van der Waals surface area contributed by atoms with E-state index in [1.807, 2.05) is 0 Å². The Morgan fingerprint density at radius 3 is 2.50 bits per heavy atom. The van der Waals surface area contributed by atoms with E-state index in [0.717, 1.165) is 13.0 Å². The van der Waals surface area contributed by atoms with Crippen molar-refractivity contribution < 1.29 is 14.6 Å². The Balaban J connectivity index is 2.05. The van der Waals surface area contributed by atoms with Crippen LogP contribution in [0.15, 0.2) is 0 Å². The number of carboxylic acid groups (broad SMARTS) is 1. The number of hydrogen-bond acceptors (Lipinski definition) is 3. The second-order valence-corrected chi connectivity index (χ2v) is 7.18. The first-order valence-corrected chi connectivity index (χ1v) is 8.01. The van der Waals surface area contributed by atoms with Crippen LogP contribution in [0.4, 0.5) is 0 Å². The van der Waals surface area contributed by atoms with Gasteiger partial charge in [-0.25, -0.2) is 0 Å². The highest BCUT2D eigenvalue weighted by Gasteiger charge is 2.41. The molecule has 4 nitrogen and oxygen atoms in total. The molecule has 2 aliphatic rings. The molecule has 1 N–H and O–H groups in total. The fraction of sp³-hybridized carbons (Fsp3) is 0.938. The first-order chi connectivity index (χ1) is 9.44. The minimum atomic E-state index is -0.704. The second-order valence-electron chi connectivity index (χ2n) is 7.18. The highest BCUT2D eigenvalue weighted by Crippen LogP contribution is 2.38. The number of carboxylic acids is 1.